The maximum absolute atomic E-state index is 13.7. The van der Waals surface area contributed by atoms with Crippen LogP contribution in [0.3, 0.4) is 0 Å². The van der Waals surface area contributed by atoms with Crippen molar-refractivity contribution in [2.24, 2.45) is 7.05 Å². The largest absolute Gasteiger partial charge is 0.484 e. The van der Waals surface area contributed by atoms with E-state index in [1.165, 1.54) is 12.1 Å². The minimum Gasteiger partial charge on any atom is -0.484 e. The third-order valence-electron chi connectivity index (χ3n) is 4.29. The molecular formula is C21H22FN3O2. The highest BCUT2D eigenvalue weighted by atomic mass is 19.1. The second-order valence-corrected chi connectivity index (χ2v) is 6.51. The molecule has 0 spiro atoms. The van der Waals surface area contributed by atoms with Crippen LogP contribution >= 0.6 is 0 Å². The lowest BCUT2D eigenvalue weighted by Crippen LogP contribution is -2.34. The Labute approximate surface area is 157 Å². The number of imidazole rings is 1. The molecule has 0 aliphatic heterocycles. The van der Waals surface area contributed by atoms with E-state index in [-0.39, 0.29) is 18.3 Å². The van der Waals surface area contributed by atoms with Gasteiger partial charge in [0.2, 0.25) is 0 Å². The number of ether oxygens (including phenoxy) is 1. The summed E-state index contributed by atoms with van der Waals surface area (Å²) in [5.41, 5.74) is 2.71. The fourth-order valence-electron chi connectivity index (χ4n) is 2.95. The van der Waals surface area contributed by atoms with Crippen LogP contribution in [0.1, 0.15) is 28.6 Å². The minimum absolute atomic E-state index is 0.139. The zero-order chi connectivity index (χ0) is 19.4. The second-order valence-electron chi connectivity index (χ2n) is 6.51. The molecule has 1 heterocycles. The Kier molecular flexibility index (Phi) is 5.54. The average Bonchev–Trinajstić information content (AvgIpc) is 3.04. The van der Waals surface area contributed by atoms with Crippen molar-refractivity contribution in [3.05, 3.63) is 83.2 Å². The van der Waals surface area contributed by atoms with Gasteiger partial charge in [-0.2, -0.15) is 0 Å². The number of halogens is 1. The Morgan fingerprint density at radius 3 is 2.74 bits per heavy atom. The van der Waals surface area contributed by atoms with E-state index >= 15 is 0 Å². The Morgan fingerprint density at radius 2 is 2.07 bits per heavy atom. The summed E-state index contributed by atoms with van der Waals surface area (Å²) in [6.45, 7) is 3.80. The van der Waals surface area contributed by atoms with Gasteiger partial charge in [0.05, 0.1) is 0 Å². The zero-order valence-electron chi connectivity index (χ0n) is 15.6. The number of aryl methyl sites for hydroxylation is 3. The smallest absolute Gasteiger partial charge is 0.258 e. The predicted molar refractivity (Wildman–Crippen MR) is 101 cm³/mol. The van der Waals surface area contributed by atoms with Gasteiger partial charge in [0.15, 0.2) is 6.61 Å². The number of rotatable bonds is 6. The molecule has 140 valence electrons. The standard InChI is InChI=1S/C21H22FN3O2/c1-14-7-8-18(15(2)11-14)27-13-19(26)24-20(21-23-9-10-25(21)3)16-5-4-6-17(22)12-16/h4-12,20H,13H2,1-3H3,(H,24,26)/t20-/m1/s1. The summed E-state index contributed by atoms with van der Waals surface area (Å²) < 4.78 is 21.1. The molecule has 1 atom stereocenters. The zero-order valence-corrected chi connectivity index (χ0v) is 15.6. The molecule has 27 heavy (non-hydrogen) atoms. The first kappa shape index (κ1) is 18.6. The van der Waals surface area contributed by atoms with Gasteiger partial charge in [-0.25, -0.2) is 9.37 Å². The van der Waals surface area contributed by atoms with Crippen LogP contribution in [-0.2, 0) is 11.8 Å². The summed E-state index contributed by atoms with van der Waals surface area (Å²) in [6, 6.07) is 11.3. The van der Waals surface area contributed by atoms with Crippen LogP contribution in [0.15, 0.2) is 54.9 Å². The molecule has 6 heteroatoms. The molecule has 3 rings (SSSR count). The molecule has 0 saturated heterocycles. The van der Waals surface area contributed by atoms with E-state index in [1.54, 1.807) is 29.1 Å². The maximum Gasteiger partial charge on any atom is 0.258 e. The number of hydrogen-bond acceptors (Lipinski definition) is 3. The number of carbonyl (C=O) groups excluding carboxylic acids is 1. The molecule has 1 N–H and O–H groups in total. The highest BCUT2D eigenvalue weighted by Gasteiger charge is 2.21. The quantitative estimate of drug-likeness (QED) is 0.726. The predicted octanol–water partition coefficient (Wildman–Crippen LogP) is 3.46. The molecule has 0 aliphatic carbocycles. The summed E-state index contributed by atoms with van der Waals surface area (Å²) in [4.78, 5) is 16.8. The van der Waals surface area contributed by atoms with Crippen molar-refractivity contribution in [3.63, 3.8) is 0 Å². The van der Waals surface area contributed by atoms with Gasteiger partial charge in [-0.1, -0.05) is 29.8 Å². The number of benzene rings is 2. The van der Waals surface area contributed by atoms with Crippen LogP contribution in [0.25, 0.3) is 0 Å². The molecule has 0 bridgehead atoms. The van der Waals surface area contributed by atoms with Gasteiger partial charge in [0.1, 0.15) is 23.4 Å². The third kappa shape index (κ3) is 4.53. The summed E-state index contributed by atoms with van der Waals surface area (Å²) in [7, 11) is 1.83. The minimum atomic E-state index is -0.573. The number of nitrogens with zero attached hydrogens (tertiary/aromatic N) is 2. The second kappa shape index (κ2) is 8.03. The van der Waals surface area contributed by atoms with Crippen LogP contribution in [0.5, 0.6) is 5.75 Å². The van der Waals surface area contributed by atoms with E-state index in [0.29, 0.717) is 17.1 Å². The van der Waals surface area contributed by atoms with E-state index in [1.807, 2.05) is 39.1 Å². The Hall–Kier alpha value is -3.15. The van der Waals surface area contributed by atoms with E-state index in [2.05, 4.69) is 10.3 Å². The van der Waals surface area contributed by atoms with Gasteiger partial charge in [-0.3, -0.25) is 4.79 Å². The number of nitrogens with one attached hydrogen (secondary N) is 1. The summed E-state index contributed by atoms with van der Waals surface area (Å²) in [5.74, 6) is 0.593. The topological polar surface area (TPSA) is 56.1 Å². The molecule has 0 saturated carbocycles. The molecule has 1 aromatic heterocycles. The van der Waals surface area contributed by atoms with Crippen molar-refractivity contribution >= 4 is 5.91 Å². The summed E-state index contributed by atoms with van der Waals surface area (Å²) in [5, 5.41) is 2.89. The number of aromatic nitrogens is 2. The Bertz CT molecular complexity index is 952. The van der Waals surface area contributed by atoms with Crippen LogP contribution < -0.4 is 10.1 Å². The molecule has 5 nitrogen and oxygen atoms in total. The van der Waals surface area contributed by atoms with Gasteiger partial charge in [-0.15, -0.1) is 0 Å². The van der Waals surface area contributed by atoms with Crippen LogP contribution in [-0.4, -0.2) is 22.1 Å². The number of hydrogen-bond donors (Lipinski definition) is 1. The first-order chi connectivity index (χ1) is 12.9. The van der Waals surface area contributed by atoms with Crippen molar-refractivity contribution in [3.8, 4) is 5.75 Å². The Morgan fingerprint density at radius 1 is 1.26 bits per heavy atom. The average molecular weight is 367 g/mol. The number of amides is 1. The SMILES string of the molecule is Cc1ccc(OCC(=O)N[C@H](c2cccc(F)c2)c2nccn2C)c(C)c1. The monoisotopic (exact) mass is 367 g/mol. The fourth-order valence-corrected chi connectivity index (χ4v) is 2.95. The van der Waals surface area contributed by atoms with Gasteiger partial charge in [0, 0.05) is 19.4 Å². The Balaban J connectivity index is 1.76. The molecule has 3 aromatic rings. The van der Waals surface area contributed by atoms with E-state index < -0.39 is 6.04 Å². The van der Waals surface area contributed by atoms with Crippen molar-refractivity contribution < 1.29 is 13.9 Å². The molecule has 1 amide bonds. The lowest BCUT2D eigenvalue weighted by molar-refractivity contribution is -0.123. The first-order valence-electron chi connectivity index (χ1n) is 8.66. The molecule has 0 radical (unpaired) electrons. The lowest BCUT2D eigenvalue weighted by atomic mass is 10.1. The molecular weight excluding hydrogens is 345 g/mol. The molecule has 0 fully saturated rings. The summed E-state index contributed by atoms with van der Waals surface area (Å²) in [6.07, 6.45) is 3.42. The van der Waals surface area contributed by atoms with Gasteiger partial charge in [0.25, 0.3) is 5.91 Å². The molecule has 0 aliphatic rings. The maximum atomic E-state index is 13.7. The lowest BCUT2D eigenvalue weighted by Gasteiger charge is -2.19. The van der Waals surface area contributed by atoms with Crippen molar-refractivity contribution in [2.45, 2.75) is 19.9 Å². The van der Waals surface area contributed by atoms with Crippen LogP contribution in [0, 0.1) is 19.7 Å². The van der Waals surface area contributed by atoms with Crippen molar-refractivity contribution in [2.75, 3.05) is 6.61 Å². The third-order valence-corrected chi connectivity index (χ3v) is 4.29. The van der Waals surface area contributed by atoms with Crippen molar-refractivity contribution in [1.82, 2.24) is 14.9 Å². The summed E-state index contributed by atoms with van der Waals surface area (Å²) >= 11 is 0. The first-order valence-corrected chi connectivity index (χ1v) is 8.66. The van der Waals surface area contributed by atoms with Gasteiger partial charge < -0.3 is 14.6 Å². The molecule has 2 aromatic carbocycles. The molecule has 0 unspecified atom stereocenters. The highest BCUT2D eigenvalue weighted by Crippen LogP contribution is 2.22. The normalized spacial score (nSPS) is 11.9. The van der Waals surface area contributed by atoms with E-state index in [4.69, 9.17) is 4.74 Å². The van der Waals surface area contributed by atoms with Crippen molar-refractivity contribution in [1.29, 1.82) is 0 Å². The van der Waals surface area contributed by atoms with Gasteiger partial charge >= 0.3 is 0 Å². The van der Waals surface area contributed by atoms with Crippen LogP contribution in [0.2, 0.25) is 0 Å². The van der Waals surface area contributed by atoms with Crippen LogP contribution in [0.4, 0.5) is 4.39 Å². The van der Waals surface area contributed by atoms with E-state index in [9.17, 15) is 9.18 Å². The highest BCUT2D eigenvalue weighted by molar-refractivity contribution is 5.78. The van der Waals surface area contributed by atoms with Gasteiger partial charge in [-0.05, 0) is 43.2 Å². The van der Waals surface area contributed by atoms with E-state index in [0.717, 1.165) is 11.1 Å². The number of carbonyl (C=O) groups is 1. The fraction of sp³-hybridized carbons (Fsp3) is 0.238.